The summed E-state index contributed by atoms with van der Waals surface area (Å²) < 4.78 is 36.7. The maximum Gasteiger partial charge on any atom is 0.434 e. The zero-order chi connectivity index (χ0) is 10.9. The first kappa shape index (κ1) is 10.1. The smallest absolute Gasteiger partial charge is 0.254 e. The molecule has 0 radical (unpaired) electrons. The van der Waals surface area contributed by atoms with Crippen molar-refractivity contribution in [2.24, 2.45) is 0 Å². The Kier molecular flexibility index (Phi) is 2.44. The van der Waals surface area contributed by atoms with Gasteiger partial charge in [0, 0.05) is 11.6 Å². The molecule has 0 bridgehead atoms. The number of pyridine rings is 1. The van der Waals surface area contributed by atoms with E-state index in [4.69, 9.17) is 0 Å². The zero-order valence-electron chi connectivity index (χ0n) is 7.32. The predicted molar refractivity (Wildman–Crippen MR) is 50.3 cm³/mol. The number of thiazole rings is 1. The second kappa shape index (κ2) is 3.62. The molecule has 78 valence electrons. The molecular weight excluding hydrogens is 225 g/mol. The molecule has 15 heavy (non-hydrogen) atoms. The van der Waals surface area contributed by atoms with E-state index in [1.807, 2.05) is 0 Å². The Labute approximate surface area is 87.4 Å². The molecule has 0 aromatic carbocycles. The maximum atomic E-state index is 12.2. The summed E-state index contributed by atoms with van der Waals surface area (Å²) >= 11 is 0.936. The summed E-state index contributed by atoms with van der Waals surface area (Å²) in [6, 6.07) is 5.03. The monoisotopic (exact) mass is 230 g/mol. The molecule has 2 aromatic heterocycles. The molecule has 0 atom stereocenters. The van der Waals surface area contributed by atoms with Gasteiger partial charge in [-0.15, -0.1) is 11.3 Å². The lowest BCUT2D eigenvalue weighted by molar-refractivity contribution is -0.140. The van der Waals surface area contributed by atoms with E-state index in [1.165, 1.54) is 6.20 Å². The summed E-state index contributed by atoms with van der Waals surface area (Å²) in [6.45, 7) is 0. The lowest BCUT2D eigenvalue weighted by atomic mass is 10.4. The molecule has 2 rings (SSSR count). The van der Waals surface area contributed by atoms with Crippen LogP contribution in [0.3, 0.4) is 0 Å². The molecule has 0 saturated carbocycles. The zero-order valence-corrected chi connectivity index (χ0v) is 8.14. The second-order valence-electron chi connectivity index (χ2n) is 2.75. The van der Waals surface area contributed by atoms with E-state index in [2.05, 4.69) is 9.97 Å². The van der Waals surface area contributed by atoms with Crippen LogP contribution in [0.1, 0.15) is 5.69 Å². The van der Waals surface area contributed by atoms with E-state index in [0.717, 1.165) is 16.7 Å². The van der Waals surface area contributed by atoms with E-state index in [-0.39, 0.29) is 5.01 Å². The minimum atomic E-state index is -4.39. The van der Waals surface area contributed by atoms with Crippen molar-refractivity contribution in [3.63, 3.8) is 0 Å². The van der Waals surface area contributed by atoms with Crippen LogP contribution in [0.15, 0.2) is 29.8 Å². The molecule has 0 aliphatic rings. The lowest BCUT2D eigenvalue weighted by Gasteiger charge is -1.99. The van der Waals surface area contributed by atoms with Gasteiger partial charge in [0.2, 0.25) is 0 Å². The largest absolute Gasteiger partial charge is 0.434 e. The highest BCUT2D eigenvalue weighted by molar-refractivity contribution is 7.13. The lowest BCUT2D eigenvalue weighted by Crippen LogP contribution is -2.04. The summed E-state index contributed by atoms with van der Waals surface area (Å²) in [5.74, 6) is 0. The Hall–Kier alpha value is -1.43. The van der Waals surface area contributed by atoms with E-state index < -0.39 is 11.9 Å². The number of halogens is 3. The third kappa shape index (κ3) is 2.15. The molecule has 2 heterocycles. The van der Waals surface area contributed by atoms with Gasteiger partial charge in [0.1, 0.15) is 5.01 Å². The van der Waals surface area contributed by atoms with Gasteiger partial charge < -0.3 is 0 Å². The number of alkyl halides is 3. The molecule has 0 aliphatic carbocycles. The third-order valence-corrected chi connectivity index (χ3v) is 2.54. The van der Waals surface area contributed by atoms with Gasteiger partial charge in [-0.05, 0) is 12.1 Å². The summed E-state index contributed by atoms with van der Waals surface area (Å²) in [4.78, 5) is 7.41. The van der Waals surface area contributed by atoms with Gasteiger partial charge in [-0.2, -0.15) is 13.2 Å². The number of hydrogen-bond donors (Lipinski definition) is 0. The minimum absolute atomic E-state index is 0.280. The van der Waals surface area contributed by atoms with Crippen molar-refractivity contribution in [3.8, 4) is 10.7 Å². The predicted octanol–water partition coefficient (Wildman–Crippen LogP) is 3.22. The van der Waals surface area contributed by atoms with Crippen LogP contribution in [-0.2, 0) is 6.18 Å². The molecule has 0 fully saturated rings. The van der Waals surface area contributed by atoms with Crippen molar-refractivity contribution >= 4 is 11.3 Å². The molecule has 0 N–H and O–H groups in total. The van der Waals surface area contributed by atoms with Crippen LogP contribution in [0.5, 0.6) is 0 Å². The highest BCUT2D eigenvalue weighted by Crippen LogP contribution is 2.32. The molecule has 0 spiro atoms. The van der Waals surface area contributed by atoms with Crippen molar-refractivity contribution in [1.29, 1.82) is 0 Å². The Morgan fingerprint density at radius 2 is 2.00 bits per heavy atom. The highest BCUT2D eigenvalue weighted by Gasteiger charge is 2.33. The van der Waals surface area contributed by atoms with Crippen molar-refractivity contribution in [2.75, 3.05) is 0 Å². The molecule has 0 saturated heterocycles. The summed E-state index contributed by atoms with van der Waals surface area (Å²) in [5.41, 5.74) is -0.411. The Bertz CT molecular complexity index is 450. The molecule has 2 nitrogen and oxygen atoms in total. The number of nitrogens with zero attached hydrogens (tertiary/aromatic N) is 2. The van der Waals surface area contributed by atoms with Crippen LogP contribution in [0, 0.1) is 0 Å². The van der Waals surface area contributed by atoms with E-state index in [0.29, 0.717) is 5.69 Å². The van der Waals surface area contributed by atoms with Gasteiger partial charge in [-0.1, -0.05) is 6.07 Å². The SMILES string of the molecule is FC(F)(F)c1csc(-c2ccccn2)n1. The Morgan fingerprint density at radius 1 is 1.20 bits per heavy atom. The summed E-state index contributed by atoms with van der Waals surface area (Å²) in [7, 11) is 0. The molecule has 6 heteroatoms. The van der Waals surface area contributed by atoms with Gasteiger partial charge in [-0.25, -0.2) is 4.98 Å². The normalized spacial score (nSPS) is 11.7. The van der Waals surface area contributed by atoms with E-state index >= 15 is 0 Å². The maximum absolute atomic E-state index is 12.2. The number of rotatable bonds is 1. The van der Waals surface area contributed by atoms with Crippen LogP contribution in [-0.4, -0.2) is 9.97 Å². The molecule has 0 unspecified atom stereocenters. The molecule has 2 aromatic rings. The minimum Gasteiger partial charge on any atom is -0.254 e. The first-order valence-corrected chi connectivity index (χ1v) is 4.89. The van der Waals surface area contributed by atoms with Gasteiger partial charge in [0.25, 0.3) is 0 Å². The summed E-state index contributed by atoms with van der Waals surface area (Å²) in [5, 5.41) is 1.27. The van der Waals surface area contributed by atoms with Crippen LogP contribution in [0.4, 0.5) is 13.2 Å². The van der Waals surface area contributed by atoms with Gasteiger partial charge in [-0.3, -0.25) is 4.98 Å². The van der Waals surface area contributed by atoms with Crippen LogP contribution in [0.25, 0.3) is 10.7 Å². The average Bonchev–Trinajstić information content (AvgIpc) is 2.67. The fourth-order valence-electron chi connectivity index (χ4n) is 1.01. The molecule has 0 amide bonds. The van der Waals surface area contributed by atoms with Crippen LogP contribution in [0.2, 0.25) is 0 Å². The standard InChI is InChI=1S/C9H5F3N2S/c10-9(11,12)7-5-15-8(14-7)6-3-1-2-4-13-6/h1-5H. The first-order chi connectivity index (χ1) is 7.07. The third-order valence-electron chi connectivity index (χ3n) is 1.68. The van der Waals surface area contributed by atoms with Gasteiger partial charge in [0.15, 0.2) is 5.69 Å². The van der Waals surface area contributed by atoms with Crippen molar-refractivity contribution < 1.29 is 13.2 Å². The number of aromatic nitrogens is 2. The van der Waals surface area contributed by atoms with Crippen molar-refractivity contribution in [3.05, 3.63) is 35.5 Å². The highest BCUT2D eigenvalue weighted by atomic mass is 32.1. The fraction of sp³-hybridized carbons (Fsp3) is 0.111. The van der Waals surface area contributed by atoms with E-state index in [1.54, 1.807) is 18.2 Å². The number of hydrogen-bond acceptors (Lipinski definition) is 3. The van der Waals surface area contributed by atoms with Gasteiger partial charge >= 0.3 is 6.18 Å². The summed E-state index contributed by atoms with van der Waals surface area (Å²) in [6.07, 6.45) is -2.87. The Morgan fingerprint density at radius 3 is 2.53 bits per heavy atom. The first-order valence-electron chi connectivity index (χ1n) is 4.01. The quantitative estimate of drug-likeness (QED) is 0.751. The van der Waals surface area contributed by atoms with Crippen LogP contribution < -0.4 is 0 Å². The Balaban J connectivity index is 2.37. The van der Waals surface area contributed by atoms with E-state index in [9.17, 15) is 13.2 Å². The second-order valence-corrected chi connectivity index (χ2v) is 3.61. The topological polar surface area (TPSA) is 25.8 Å². The van der Waals surface area contributed by atoms with Crippen molar-refractivity contribution in [2.45, 2.75) is 6.18 Å². The molecule has 0 aliphatic heterocycles. The van der Waals surface area contributed by atoms with Gasteiger partial charge in [0.05, 0.1) is 5.69 Å². The molecular formula is C9H5F3N2S. The average molecular weight is 230 g/mol. The van der Waals surface area contributed by atoms with Crippen LogP contribution >= 0.6 is 11.3 Å². The fourth-order valence-corrected chi connectivity index (χ4v) is 1.81. The van der Waals surface area contributed by atoms with Crippen molar-refractivity contribution in [1.82, 2.24) is 9.97 Å².